The van der Waals surface area contributed by atoms with Gasteiger partial charge >= 0.3 is 0 Å². The van der Waals surface area contributed by atoms with Crippen molar-refractivity contribution >= 4 is 46.7 Å². The van der Waals surface area contributed by atoms with Gasteiger partial charge in [-0.05, 0) is 16.7 Å². The Morgan fingerprint density at radius 2 is 2.33 bits per heavy atom. The fourth-order valence-electron chi connectivity index (χ4n) is 1.71. The van der Waals surface area contributed by atoms with E-state index in [1.165, 1.54) is 17.7 Å². The van der Waals surface area contributed by atoms with E-state index in [2.05, 4.69) is 30.9 Å². The lowest BCUT2D eigenvalue weighted by atomic mass is 10.5. The monoisotopic (exact) mass is 384 g/mol. The summed E-state index contributed by atoms with van der Waals surface area (Å²) in [4.78, 5) is 17.7. The first-order valence-corrected chi connectivity index (χ1v) is 8.23. The molecule has 0 radical (unpaired) electrons. The summed E-state index contributed by atoms with van der Waals surface area (Å²) in [5.41, 5.74) is 2.40. The Bertz CT molecular complexity index is 856. The van der Waals surface area contributed by atoms with Crippen LogP contribution >= 0.6 is 34.5 Å². The summed E-state index contributed by atoms with van der Waals surface area (Å²) in [6, 6.07) is 3.79. The highest BCUT2D eigenvalue weighted by Gasteiger charge is 2.11. The molecule has 1 N–H and O–H groups in total. The molecular formula is C12H10Cl2N8OS. The van der Waals surface area contributed by atoms with Gasteiger partial charge in [0.1, 0.15) is 11.7 Å². The Hall–Kier alpha value is -2.30. The second kappa shape index (κ2) is 7.51. The minimum absolute atomic E-state index is 0.104. The maximum Gasteiger partial charge on any atom is 0.263 e. The van der Waals surface area contributed by atoms with Gasteiger partial charge in [-0.2, -0.15) is 9.90 Å². The Balaban J connectivity index is 1.53. The van der Waals surface area contributed by atoms with Crippen molar-refractivity contribution < 1.29 is 4.79 Å². The minimum Gasteiger partial charge on any atom is -0.312 e. The second-order valence-electron chi connectivity index (χ2n) is 4.50. The number of tetrazole rings is 1. The van der Waals surface area contributed by atoms with E-state index in [-0.39, 0.29) is 29.3 Å². The molecule has 3 rings (SSSR count). The van der Waals surface area contributed by atoms with E-state index in [1.807, 2.05) is 17.5 Å². The molecule has 0 saturated carbocycles. The fourth-order valence-corrected chi connectivity index (χ4v) is 2.60. The summed E-state index contributed by atoms with van der Waals surface area (Å²) < 4.78 is 1.57. The van der Waals surface area contributed by atoms with Crippen molar-refractivity contribution in [3.63, 3.8) is 0 Å². The van der Waals surface area contributed by atoms with Gasteiger partial charge in [-0.1, -0.05) is 29.3 Å². The highest BCUT2D eigenvalue weighted by Crippen LogP contribution is 2.19. The Kier molecular flexibility index (Phi) is 5.18. The van der Waals surface area contributed by atoms with E-state index in [4.69, 9.17) is 23.2 Å². The highest BCUT2D eigenvalue weighted by molar-refractivity contribution is 7.11. The zero-order valence-corrected chi connectivity index (χ0v) is 14.3. The second-order valence-corrected chi connectivity index (χ2v) is 6.19. The molecule has 0 aliphatic carbocycles. The molecule has 124 valence electrons. The number of halogens is 2. The number of carbonyl (C=O) groups is 1. The van der Waals surface area contributed by atoms with Crippen molar-refractivity contribution in [1.82, 2.24) is 35.2 Å². The van der Waals surface area contributed by atoms with Crippen molar-refractivity contribution in [2.75, 3.05) is 0 Å². The van der Waals surface area contributed by atoms with Crippen LogP contribution in [0.15, 0.2) is 28.9 Å². The van der Waals surface area contributed by atoms with Gasteiger partial charge in [-0.25, -0.2) is 10.4 Å². The highest BCUT2D eigenvalue weighted by atomic mass is 35.5. The Morgan fingerprint density at radius 1 is 1.46 bits per heavy atom. The standard InChI is InChI=1S/C12H10Cl2N8OS/c13-11-12(14)21(7-15-11)5-9-17-20-22(19-9)6-10(23)18-16-4-8-2-1-3-24-8/h1-4,7H,5-6H2,(H,18,23). The maximum absolute atomic E-state index is 11.8. The van der Waals surface area contributed by atoms with Crippen LogP contribution in [0, 0.1) is 0 Å². The number of thiophene rings is 1. The van der Waals surface area contributed by atoms with Gasteiger partial charge in [0, 0.05) is 4.88 Å². The van der Waals surface area contributed by atoms with Gasteiger partial charge in [0.25, 0.3) is 5.91 Å². The quantitative estimate of drug-likeness (QED) is 0.511. The summed E-state index contributed by atoms with van der Waals surface area (Å²) in [7, 11) is 0. The van der Waals surface area contributed by atoms with Crippen molar-refractivity contribution in [1.29, 1.82) is 0 Å². The van der Waals surface area contributed by atoms with Gasteiger partial charge in [0.15, 0.2) is 11.0 Å². The van der Waals surface area contributed by atoms with Crippen LogP contribution in [0.4, 0.5) is 0 Å². The van der Waals surface area contributed by atoms with E-state index in [0.717, 1.165) is 9.67 Å². The largest absolute Gasteiger partial charge is 0.312 e. The Labute approximate surface area is 149 Å². The smallest absolute Gasteiger partial charge is 0.263 e. The maximum atomic E-state index is 11.8. The minimum atomic E-state index is -0.365. The number of amides is 1. The van der Waals surface area contributed by atoms with Crippen LogP contribution in [-0.4, -0.2) is 41.9 Å². The van der Waals surface area contributed by atoms with Crippen LogP contribution in [0.2, 0.25) is 10.3 Å². The van der Waals surface area contributed by atoms with Gasteiger partial charge in [-0.15, -0.1) is 21.5 Å². The molecule has 12 heteroatoms. The van der Waals surface area contributed by atoms with Crippen molar-refractivity contribution in [3.8, 4) is 0 Å². The molecule has 0 unspecified atom stereocenters. The molecule has 3 aromatic rings. The first-order valence-electron chi connectivity index (χ1n) is 6.60. The van der Waals surface area contributed by atoms with E-state index < -0.39 is 0 Å². The van der Waals surface area contributed by atoms with Gasteiger partial charge < -0.3 is 4.57 Å². The lowest BCUT2D eigenvalue weighted by Gasteiger charge is -1.99. The fraction of sp³-hybridized carbons (Fsp3) is 0.167. The van der Waals surface area contributed by atoms with Gasteiger partial charge in [-0.3, -0.25) is 4.79 Å². The zero-order valence-electron chi connectivity index (χ0n) is 12.0. The summed E-state index contributed by atoms with van der Waals surface area (Å²) in [6.07, 6.45) is 3.03. The van der Waals surface area contributed by atoms with Crippen LogP contribution in [-0.2, 0) is 17.9 Å². The third kappa shape index (κ3) is 4.16. The van der Waals surface area contributed by atoms with Gasteiger partial charge in [0.05, 0.1) is 19.1 Å². The first kappa shape index (κ1) is 16.6. The molecule has 0 aromatic carbocycles. The molecule has 9 nitrogen and oxygen atoms in total. The lowest BCUT2D eigenvalue weighted by molar-refractivity contribution is -0.122. The summed E-state index contributed by atoms with van der Waals surface area (Å²) in [6.45, 7) is 0.143. The molecule has 0 atom stereocenters. The topological polar surface area (TPSA) is 103 Å². The third-order valence-electron chi connectivity index (χ3n) is 2.75. The van der Waals surface area contributed by atoms with Crippen molar-refractivity contribution in [2.24, 2.45) is 5.10 Å². The number of imidazole rings is 1. The molecule has 0 aliphatic rings. The number of hydrogen-bond acceptors (Lipinski definition) is 7. The summed E-state index contributed by atoms with van der Waals surface area (Å²) in [5, 5.41) is 18.0. The summed E-state index contributed by atoms with van der Waals surface area (Å²) in [5.74, 6) is 0.0105. The van der Waals surface area contributed by atoms with E-state index in [1.54, 1.807) is 10.8 Å². The number of carbonyl (C=O) groups excluding carboxylic acids is 1. The molecule has 24 heavy (non-hydrogen) atoms. The molecule has 0 spiro atoms. The lowest BCUT2D eigenvalue weighted by Crippen LogP contribution is -2.24. The predicted molar refractivity (Wildman–Crippen MR) is 89.2 cm³/mol. The van der Waals surface area contributed by atoms with E-state index >= 15 is 0 Å². The molecule has 0 saturated heterocycles. The summed E-state index contributed by atoms with van der Waals surface area (Å²) >= 11 is 13.2. The van der Waals surface area contributed by atoms with E-state index in [0.29, 0.717) is 5.82 Å². The number of hydrogen-bond donors (Lipinski definition) is 1. The van der Waals surface area contributed by atoms with Crippen LogP contribution in [0.3, 0.4) is 0 Å². The predicted octanol–water partition coefficient (Wildman–Crippen LogP) is 1.44. The molecule has 0 aliphatic heterocycles. The van der Waals surface area contributed by atoms with Crippen LogP contribution < -0.4 is 5.43 Å². The number of hydrazone groups is 1. The SMILES string of the molecule is O=C(Cn1nnc(Cn2cnc(Cl)c2Cl)n1)NN=Cc1cccs1. The molecule has 3 aromatic heterocycles. The molecule has 0 fully saturated rings. The molecule has 3 heterocycles. The Morgan fingerprint density at radius 3 is 3.04 bits per heavy atom. The molecule has 0 bridgehead atoms. The number of aromatic nitrogens is 6. The molecule has 1 amide bonds. The average molecular weight is 385 g/mol. The van der Waals surface area contributed by atoms with Crippen LogP contribution in [0.25, 0.3) is 0 Å². The molecular weight excluding hydrogens is 375 g/mol. The average Bonchev–Trinajstić information content (AvgIpc) is 3.27. The zero-order chi connectivity index (χ0) is 16.9. The number of rotatable bonds is 6. The van der Waals surface area contributed by atoms with Crippen molar-refractivity contribution in [3.05, 3.63) is 44.8 Å². The number of nitrogens with one attached hydrogen (secondary N) is 1. The normalized spacial score (nSPS) is 11.2. The van der Waals surface area contributed by atoms with E-state index in [9.17, 15) is 4.79 Å². The van der Waals surface area contributed by atoms with Gasteiger partial charge in [0.2, 0.25) is 0 Å². The third-order valence-corrected chi connectivity index (χ3v) is 4.32. The van der Waals surface area contributed by atoms with Crippen LogP contribution in [0.1, 0.15) is 10.7 Å². The van der Waals surface area contributed by atoms with Crippen molar-refractivity contribution in [2.45, 2.75) is 13.1 Å². The first-order chi connectivity index (χ1) is 11.6. The van der Waals surface area contributed by atoms with Crippen LogP contribution in [0.5, 0.6) is 0 Å². The number of nitrogens with zero attached hydrogens (tertiary/aromatic N) is 7.